The number of rotatable bonds is 6. The lowest BCUT2D eigenvalue weighted by Crippen LogP contribution is -2.12. The van der Waals surface area contributed by atoms with E-state index in [9.17, 15) is 0 Å². The lowest BCUT2D eigenvalue weighted by molar-refractivity contribution is 0.773. The van der Waals surface area contributed by atoms with E-state index in [2.05, 4.69) is 122 Å². The van der Waals surface area contributed by atoms with Crippen molar-refractivity contribution in [3.63, 3.8) is 0 Å². The number of nitrogens with two attached hydrogens (primary N) is 1. The van der Waals surface area contributed by atoms with Gasteiger partial charge in [-0.2, -0.15) is 0 Å². The zero-order valence-electron chi connectivity index (χ0n) is 26.0. The first kappa shape index (κ1) is 34.9. The van der Waals surface area contributed by atoms with Gasteiger partial charge in [-0.15, -0.1) is 0 Å². The van der Waals surface area contributed by atoms with Crippen molar-refractivity contribution in [3.8, 4) is 11.1 Å². The minimum Gasteiger partial charge on any atom is -0.383 e. The molecule has 0 aliphatic rings. The second-order valence-corrected chi connectivity index (χ2v) is 10.2. The van der Waals surface area contributed by atoms with E-state index in [1.54, 1.807) is 0 Å². The van der Waals surface area contributed by atoms with Crippen LogP contribution < -0.4 is 5.73 Å². The van der Waals surface area contributed by atoms with Crippen molar-refractivity contribution in [3.05, 3.63) is 101 Å². The minimum absolute atomic E-state index is 0.541. The summed E-state index contributed by atoms with van der Waals surface area (Å²) in [6.45, 7) is 25.0. The highest BCUT2D eigenvalue weighted by atomic mass is 14.9. The summed E-state index contributed by atoms with van der Waals surface area (Å²) in [6.07, 6.45) is 5.28. The van der Waals surface area contributed by atoms with Crippen LogP contribution in [0.15, 0.2) is 83.9 Å². The molecule has 0 saturated heterocycles. The van der Waals surface area contributed by atoms with Crippen molar-refractivity contribution < 1.29 is 0 Å². The molecule has 0 aliphatic heterocycles. The Kier molecular flexibility index (Phi) is 18.3. The monoisotopic (exact) mass is 514 g/mol. The van der Waals surface area contributed by atoms with E-state index in [4.69, 9.17) is 5.73 Å². The Hall–Kier alpha value is -3.13. The molecule has 0 radical (unpaired) electrons. The lowest BCUT2D eigenvalue weighted by Gasteiger charge is -2.07. The molecule has 0 aliphatic carbocycles. The van der Waals surface area contributed by atoms with E-state index in [-0.39, 0.29) is 0 Å². The van der Waals surface area contributed by atoms with E-state index >= 15 is 0 Å². The molecule has 0 heterocycles. The zero-order valence-corrected chi connectivity index (χ0v) is 26.0. The fourth-order valence-electron chi connectivity index (χ4n) is 2.61. The van der Waals surface area contributed by atoms with E-state index in [0.717, 1.165) is 16.8 Å². The summed E-state index contributed by atoms with van der Waals surface area (Å²) < 4.78 is 0. The van der Waals surface area contributed by atoms with Crippen molar-refractivity contribution >= 4 is 11.5 Å². The zero-order chi connectivity index (χ0) is 29.1. The average molecular weight is 515 g/mol. The first-order chi connectivity index (χ1) is 18.0. The molecular weight excluding hydrogens is 460 g/mol. The Balaban J connectivity index is 0.000000810. The van der Waals surface area contributed by atoms with Crippen LogP contribution in [0.5, 0.6) is 0 Å². The van der Waals surface area contributed by atoms with Crippen LogP contribution in [-0.2, 0) is 0 Å². The van der Waals surface area contributed by atoms with Gasteiger partial charge < -0.3 is 5.73 Å². The van der Waals surface area contributed by atoms with Crippen molar-refractivity contribution in [2.24, 2.45) is 16.6 Å². The maximum absolute atomic E-state index is 6.20. The van der Waals surface area contributed by atoms with Gasteiger partial charge in [0.1, 0.15) is 5.84 Å². The number of amidine groups is 1. The third-order valence-electron chi connectivity index (χ3n) is 6.16. The number of allylic oxidation sites excluding steroid dienone is 1. The smallest absolute Gasteiger partial charge is 0.131 e. The van der Waals surface area contributed by atoms with Gasteiger partial charge >= 0.3 is 0 Å². The van der Waals surface area contributed by atoms with Crippen LogP contribution in [0, 0.1) is 26.7 Å². The fraction of sp³-hybridized carbons (Fsp3) is 0.417. The Labute approximate surface area is 235 Å². The molecule has 3 rings (SSSR count). The quantitative estimate of drug-likeness (QED) is 0.198. The summed E-state index contributed by atoms with van der Waals surface area (Å²) in [5.74, 6) is 1.20. The molecule has 0 fully saturated rings. The third-order valence-corrected chi connectivity index (χ3v) is 6.16. The number of aliphatic imine (C=N–C) groups is 1. The van der Waals surface area contributed by atoms with Crippen LogP contribution in [0.4, 0.5) is 5.69 Å². The van der Waals surface area contributed by atoms with Crippen LogP contribution in [0.2, 0.25) is 0 Å². The van der Waals surface area contributed by atoms with Crippen molar-refractivity contribution in [1.29, 1.82) is 0 Å². The van der Waals surface area contributed by atoms with Crippen LogP contribution in [0.3, 0.4) is 0 Å². The first-order valence-corrected chi connectivity index (χ1v) is 14.2. The van der Waals surface area contributed by atoms with Gasteiger partial charge in [0.2, 0.25) is 0 Å². The van der Waals surface area contributed by atoms with E-state index in [0.29, 0.717) is 11.8 Å². The molecule has 0 spiro atoms. The summed E-state index contributed by atoms with van der Waals surface area (Å²) in [7, 11) is 0. The summed E-state index contributed by atoms with van der Waals surface area (Å²) >= 11 is 0. The van der Waals surface area contributed by atoms with Crippen LogP contribution in [0.1, 0.15) is 96.4 Å². The SMILES string of the molecule is C=C(C)C(C)C.CCCC.CCCC.Cc1ccc(-c2ccc(C(N)=Nc3cc(C)ccc3C)cc2)cc1. The second kappa shape index (κ2) is 19.9. The number of benzene rings is 3. The number of hydrogen-bond acceptors (Lipinski definition) is 1. The predicted octanol–water partition coefficient (Wildman–Crippen LogP) is 11.1. The Morgan fingerprint density at radius 2 is 1.11 bits per heavy atom. The highest BCUT2D eigenvalue weighted by molar-refractivity contribution is 5.99. The summed E-state index contributed by atoms with van der Waals surface area (Å²) in [5.41, 5.74) is 15.3. The fourth-order valence-corrected chi connectivity index (χ4v) is 2.61. The molecule has 2 N–H and O–H groups in total. The Morgan fingerprint density at radius 1 is 0.711 bits per heavy atom. The number of aryl methyl sites for hydroxylation is 3. The maximum Gasteiger partial charge on any atom is 0.131 e. The van der Waals surface area contributed by atoms with Gasteiger partial charge in [0.15, 0.2) is 0 Å². The van der Waals surface area contributed by atoms with Crippen LogP contribution >= 0.6 is 0 Å². The van der Waals surface area contributed by atoms with E-state index < -0.39 is 0 Å². The van der Waals surface area contributed by atoms with Gasteiger partial charge in [-0.1, -0.05) is 146 Å². The van der Waals surface area contributed by atoms with Gasteiger partial charge in [-0.3, -0.25) is 0 Å². The Bertz CT molecular complexity index is 1060. The molecule has 0 amide bonds. The molecule has 3 aromatic carbocycles. The van der Waals surface area contributed by atoms with Crippen molar-refractivity contribution in [1.82, 2.24) is 0 Å². The van der Waals surface area contributed by atoms with Gasteiger partial charge in [0.25, 0.3) is 0 Å². The molecule has 208 valence electrons. The number of hydrogen-bond donors (Lipinski definition) is 1. The van der Waals surface area contributed by atoms with Crippen LogP contribution in [-0.4, -0.2) is 5.84 Å². The molecule has 38 heavy (non-hydrogen) atoms. The predicted molar refractivity (Wildman–Crippen MR) is 174 cm³/mol. The second-order valence-electron chi connectivity index (χ2n) is 10.2. The van der Waals surface area contributed by atoms with Gasteiger partial charge in [0.05, 0.1) is 5.69 Å². The summed E-state index contributed by atoms with van der Waals surface area (Å²) in [6, 6.07) is 23.0. The third kappa shape index (κ3) is 14.6. The van der Waals surface area contributed by atoms with E-state index in [1.165, 1.54) is 53.5 Å². The highest BCUT2D eigenvalue weighted by Gasteiger charge is 2.03. The van der Waals surface area contributed by atoms with Gasteiger partial charge in [-0.25, -0.2) is 4.99 Å². The normalized spacial score (nSPS) is 10.3. The van der Waals surface area contributed by atoms with Crippen molar-refractivity contribution in [2.75, 3.05) is 0 Å². The molecule has 0 saturated carbocycles. The number of unbranched alkanes of at least 4 members (excludes halogenated alkanes) is 2. The van der Waals surface area contributed by atoms with Gasteiger partial charge in [-0.05, 0) is 61.9 Å². The van der Waals surface area contributed by atoms with Crippen molar-refractivity contribution in [2.45, 2.75) is 94.9 Å². The highest BCUT2D eigenvalue weighted by Crippen LogP contribution is 2.23. The summed E-state index contributed by atoms with van der Waals surface area (Å²) in [5, 5.41) is 0. The largest absolute Gasteiger partial charge is 0.383 e. The Morgan fingerprint density at radius 3 is 1.50 bits per heavy atom. The lowest BCUT2D eigenvalue weighted by atomic mass is 10.0. The van der Waals surface area contributed by atoms with Crippen LogP contribution in [0.25, 0.3) is 11.1 Å². The molecule has 0 unspecified atom stereocenters. The number of nitrogens with zero attached hydrogens (tertiary/aromatic N) is 1. The first-order valence-electron chi connectivity index (χ1n) is 14.2. The molecule has 0 aromatic heterocycles. The molecule has 3 aromatic rings. The molecule has 2 nitrogen and oxygen atoms in total. The maximum atomic E-state index is 6.20. The molecule has 0 atom stereocenters. The summed E-state index contributed by atoms with van der Waals surface area (Å²) in [4.78, 5) is 4.60. The minimum atomic E-state index is 0.541. The van der Waals surface area contributed by atoms with Gasteiger partial charge in [0, 0.05) is 5.56 Å². The molecule has 0 bridgehead atoms. The molecular formula is C36H54N2. The standard InChI is InChI=1S/C22H22N2.C6H12.2C4H10/c1-15-5-8-18(9-6-15)19-10-12-20(13-11-19)22(23)24-21-14-16(2)4-7-17(21)3;1-5(2)6(3)4;2*1-3-4-2/h4-14H,1-3H3,(H2,23,24);6H,1H2,2-4H3;2*3-4H2,1-2H3. The average Bonchev–Trinajstić information content (AvgIpc) is 2.92. The molecule has 2 heteroatoms. The van der Waals surface area contributed by atoms with E-state index in [1.807, 2.05) is 26.0 Å². The topological polar surface area (TPSA) is 38.4 Å².